The Hall–Kier alpha value is -2.68. The Labute approximate surface area is 109 Å². The number of aryl methyl sites for hydroxylation is 1. The van der Waals surface area contributed by atoms with Crippen molar-refractivity contribution in [3.05, 3.63) is 41.7 Å². The van der Waals surface area contributed by atoms with Crippen molar-refractivity contribution in [1.82, 2.24) is 20.1 Å². The van der Waals surface area contributed by atoms with Gasteiger partial charge >= 0.3 is 0 Å². The topological polar surface area (TPSA) is 59.8 Å². The van der Waals surface area contributed by atoms with E-state index in [0.717, 1.165) is 0 Å². The first-order valence-corrected chi connectivity index (χ1v) is 5.53. The molecular weight excluding hydrogens is 247 g/mol. The van der Waals surface area contributed by atoms with Crippen LogP contribution in [0, 0.1) is 25.1 Å². The lowest BCUT2D eigenvalue weighted by atomic mass is 10.3. The average Bonchev–Trinajstić information content (AvgIpc) is 2.79. The van der Waals surface area contributed by atoms with Gasteiger partial charge in [0.1, 0.15) is 11.6 Å². The predicted molar refractivity (Wildman–Crippen MR) is 67.2 cm³/mol. The van der Waals surface area contributed by atoms with Crippen LogP contribution >= 0.6 is 0 Å². The Morgan fingerprint density at radius 2 is 2.16 bits per heavy atom. The van der Waals surface area contributed by atoms with Crippen molar-refractivity contribution in [3.63, 3.8) is 0 Å². The molecule has 6 heteroatoms. The highest BCUT2D eigenvalue weighted by molar-refractivity contribution is 5.90. The first-order valence-electron chi connectivity index (χ1n) is 5.53. The molecule has 0 saturated heterocycles. The Morgan fingerprint density at radius 3 is 2.79 bits per heavy atom. The minimum absolute atomic E-state index is 0.0251. The van der Waals surface area contributed by atoms with Gasteiger partial charge in [0.2, 0.25) is 5.82 Å². The lowest BCUT2D eigenvalue weighted by Crippen LogP contribution is -2.24. The van der Waals surface area contributed by atoms with Gasteiger partial charge in [-0.25, -0.2) is 14.1 Å². The molecule has 19 heavy (non-hydrogen) atoms. The zero-order valence-electron chi connectivity index (χ0n) is 10.2. The molecule has 2 aromatic rings. The summed E-state index contributed by atoms with van der Waals surface area (Å²) in [6, 6.07) is 5.74. The number of nitrogens with one attached hydrogen (secondary N) is 1. The Morgan fingerprint density at radius 1 is 1.47 bits per heavy atom. The number of rotatable bonds is 3. The second kappa shape index (κ2) is 5.31. The van der Waals surface area contributed by atoms with Crippen LogP contribution in [-0.2, 0) is 0 Å². The maximum atomic E-state index is 12.8. The lowest BCUT2D eigenvalue weighted by Gasteiger charge is -2.01. The standard InChI is InChI=1S/C13H11FN4O/c1-3-8-15-13(19)12-16-9(2)18(17-12)11-6-4-10(14)5-7-11/h1,4-7H,8H2,2H3,(H,15,19). The summed E-state index contributed by atoms with van der Waals surface area (Å²) in [5.41, 5.74) is 0.627. The minimum Gasteiger partial charge on any atom is -0.338 e. The molecule has 1 N–H and O–H groups in total. The smallest absolute Gasteiger partial charge is 0.291 e. The fourth-order valence-corrected chi connectivity index (χ4v) is 1.52. The van der Waals surface area contributed by atoms with Crippen LogP contribution in [0.25, 0.3) is 5.69 Å². The van der Waals surface area contributed by atoms with Crippen molar-refractivity contribution in [1.29, 1.82) is 0 Å². The Balaban J connectivity index is 2.29. The third-order valence-electron chi connectivity index (χ3n) is 2.39. The summed E-state index contributed by atoms with van der Waals surface area (Å²) in [6.45, 7) is 1.82. The van der Waals surface area contributed by atoms with E-state index in [2.05, 4.69) is 21.3 Å². The van der Waals surface area contributed by atoms with Gasteiger partial charge in [0, 0.05) is 0 Å². The van der Waals surface area contributed by atoms with Crippen LogP contribution in [0.5, 0.6) is 0 Å². The van der Waals surface area contributed by atoms with E-state index >= 15 is 0 Å². The number of halogens is 1. The highest BCUT2D eigenvalue weighted by Gasteiger charge is 2.14. The highest BCUT2D eigenvalue weighted by Crippen LogP contribution is 2.10. The van der Waals surface area contributed by atoms with Gasteiger partial charge in [0.05, 0.1) is 12.2 Å². The summed E-state index contributed by atoms with van der Waals surface area (Å²) >= 11 is 0. The summed E-state index contributed by atoms with van der Waals surface area (Å²) in [4.78, 5) is 15.7. The fraction of sp³-hybridized carbons (Fsp3) is 0.154. The van der Waals surface area contributed by atoms with Gasteiger partial charge in [0.15, 0.2) is 0 Å². The molecule has 0 atom stereocenters. The van der Waals surface area contributed by atoms with Gasteiger partial charge in [-0.1, -0.05) is 5.92 Å². The van der Waals surface area contributed by atoms with E-state index in [1.54, 1.807) is 19.1 Å². The molecule has 0 aliphatic rings. The second-order valence-corrected chi connectivity index (χ2v) is 3.76. The van der Waals surface area contributed by atoms with E-state index in [-0.39, 0.29) is 18.2 Å². The number of hydrogen-bond donors (Lipinski definition) is 1. The largest absolute Gasteiger partial charge is 0.338 e. The molecule has 0 aliphatic carbocycles. The lowest BCUT2D eigenvalue weighted by molar-refractivity contribution is 0.0948. The highest BCUT2D eigenvalue weighted by atomic mass is 19.1. The molecule has 1 heterocycles. The van der Waals surface area contributed by atoms with Crippen LogP contribution in [0.1, 0.15) is 16.4 Å². The molecule has 1 aromatic heterocycles. The predicted octanol–water partition coefficient (Wildman–Crippen LogP) is 1.08. The molecule has 5 nitrogen and oxygen atoms in total. The first-order chi connectivity index (χ1) is 9.11. The Bertz CT molecular complexity index is 640. The molecule has 0 fully saturated rings. The van der Waals surface area contributed by atoms with E-state index < -0.39 is 5.91 Å². The quantitative estimate of drug-likeness (QED) is 0.838. The molecule has 0 unspecified atom stereocenters. The maximum Gasteiger partial charge on any atom is 0.291 e. The molecule has 1 amide bonds. The van der Waals surface area contributed by atoms with E-state index in [0.29, 0.717) is 11.5 Å². The fourth-order valence-electron chi connectivity index (χ4n) is 1.52. The number of amides is 1. The van der Waals surface area contributed by atoms with Crippen LogP contribution < -0.4 is 5.32 Å². The van der Waals surface area contributed by atoms with Crippen LogP contribution in [-0.4, -0.2) is 27.2 Å². The number of carbonyl (C=O) groups is 1. The number of carbonyl (C=O) groups excluding carboxylic acids is 1. The van der Waals surface area contributed by atoms with Crippen LogP contribution in [0.4, 0.5) is 4.39 Å². The van der Waals surface area contributed by atoms with Crippen molar-refractivity contribution < 1.29 is 9.18 Å². The van der Waals surface area contributed by atoms with Crippen molar-refractivity contribution in [2.75, 3.05) is 6.54 Å². The summed E-state index contributed by atoms with van der Waals surface area (Å²) in [5.74, 6) is 2.06. The molecule has 0 aliphatic heterocycles. The first kappa shape index (κ1) is 12.8. The number of aromatic nitrogens is 3. The summed E-state index contributed by atoms with van der Waals surface area (Å²) in [6.07, 6.45) is 5.05. The minimum atomic E-state index is -0.443. The van der Waals surface area contributed by atoms with Crippen LogP contribution in [0.3, 0.4) is 0 Å². The normalized spacial score (nSPS) is 9.95. The van der Waals surface area contributed by atoms with Gasteiger partial charge < -0.3 is 5.32 Å². The molecule has 0 spiro atoms. The van der Waals surface area contributed by atoms with Crippen molar-refractivity contribution in [2.45, 2.75) is 6.92 Å². The van der Waals surface area contributed by atoms with Gasteiger partial charge in [0.25, 0.3) is 5.91 Å². The summed E-state index contributed by atoms with van der Waals surface area (Å²) in [5, 5.41) is 6.54. The third kappa shape index (κ3) is 2.77. The molecule has 0 radical (unpaired) electrons. The zero-order chi connectivity index (χ0) is 13.8. The van der Waals surface area contributed by atoms with E-state index in [1.165, 1.54) is 16.8 Å². The Kier molecular flexibility index (Phi) is 3.57. The van der Waals surface area contributed by atoms with E-state index in [9.17, 15) is 9.18 Å². The summed E-state index contributed by atoms with van der Waals surface area (Å²) < 4.78 is 14.3. The van der Waals surface area contributed by atoms with Crippen LogP contribution in [0.15, 0.2) is 24.3 Å². The van der Waals surface area contributed by atoms with Crippen molar-refractivity contribution in [3.8, 4) is 18.0 Å². The van der Waals surface area contributed by atoms with Crippen molar-refractivity contribution in [2.24, 2.45) is 0 Å². The molecular formula is C13H11FN4O. The zero-order valence-corrected chi connectivity index (χ0v) is 10.2. The maximum absolute atomic E-state index is 12.8. The average molecular weight is 258 g/mol. The summed E-state index contributed by atoms with van der Waals surface area (Å²) in [7, 11) is 0. The van der Waals surface area contributed by atoms with Gasteiger partial charge in [-0.3, -0.25) is 4.79 Å². The molecule has 2 rings (SSSR count). The molecule has 96 valence electrons. The van der Waals surface area contributed by atoms with Gasteiger partial charge in [-0.15, -0.1) is 11.5 Å². The van der Waals surface area contributed by atoms with Crippen LogP contribution in [0.2, 0.25) is 0 Å². The third-order valence-corrected chi connectivity index (χ3v) is 2.39. The number of nitrogens with zero attached hydrogens (tertiary/aromatic N) is 3. The second-order valence-electron chi connectivity index (χ2n) is 3.76. The number of hydrogen-bond acceptors (Lipinski definition) is 3. The number of benzene rings is 1. The molecule has 0 bridgehead atoms. The molecule has 1 aromatic carbocycles. The van der Waals surface area contributed by atoms with Crippen molar-refractivity contribution >= 4 is 5.91 Å². The van der Waals surface area contributed by atoms with Gasteiger partial charge in [-0.05, 0) is 31.2 Å². The monoisotopic (exact) mass is 258 g/mol. The van der Waals surface area contributed by atoms with Gasteiger partial charge in [-0.2, -0.15) is 0 Å². The molecule has 0 saturated carbocycles. The van der Waals surface area contributed by atoms with E-state index in [4.69, 9.17) is 6.42 Å². The number of terminal acetylenes is 1. The SMILES string of the molecule is C#CCNC(=O)c1nc(C)n(-c2ccc(F)cc2)n1. The van der Waals surface area contributed by atoms with E-state index in [1.807, 2.05) is 0 Å².